The molecule has 1 aromatic carbocycles. The lowest BCUT2D eigenvalue weighted by molar-refractivity contribution is -0.0602. The van der Waals surface area contributed by atoms with Gasteiger partial charge in [-0.25, -0.2) is 5.01 Å². The molecule has 0 aliphatic rings. The smallest absolute Gasteiger partial charge is 0.295 e. The van der Waals surface area contributed by atoms with Crippen molar-refractivity contribution in [1.82, 2.24) is 0 Å². The number of nitrogens with zero attached hydrogens (tertiary/aromatic N) is 3. The summed E-state index contributed by atoms with van der Waals surface area (Å²) in [4.78, 5) is 14.3. The van der Waals surface area contributed by atoms with Gasteiger partial charge >= 0.3 is 6.18 Å². The van der Waals surface area contributed by atoms with Crippen molar-refractivity contribution in [1.29, 1.82) is 0 Å². The zero-order valence-corrected chi connectivity index (χ0v) is 10.4. The van der Waals surface area contributed by atoms with Crippen LogP contribution < -0.4 is 5.01 Å². The Balaban J connectivity index is 3.17. The van der Waals surface area contributed by atoms with E-state index in [0.717, 1.165) is 7.05 Å². The minimum absolute atomic E-state index is 0.123. The van der Waals surface area contributed by atoms with Gasteiger partial charge in [-0.1, -0.05) is 0 Å². The van der Waals surface area contributed by atoms with Crippen molar-refractivity contribution in [2.45, 2.75) is 13.1 Å². The molecule has 0 aliphatic heterocycles. The summed E-state index contributed by atoms with van der Waals surface area (Å²) in [6, 6.07) is 5.53. The van der Waals surface area contributed by atoms with E-state index in [1.54, 1.807) is 0 Å². The number of carbonyl (C=O) groups excluding carboxylic acids is 1. The van der Waals surface area contributed by atoms with Crippen LogP contribution in [0.1, 0.15) is 17.3 Å². The molecule has 19 heavy (non-hydrogen) atoms. The van der Waals surface area contributed by atoms with Crippen LogP contribution in [0.4, 0.5) is 18.9 Å². The SMILES string of the molecule is C=NN(C(=NC)C(F)(F)F)c1ccc(C(C)=O)cc1. The molecule has 102 valence electrons. The Morgan fingerprint density at radius 2 is 1.79 bits per heavy atom. The molecule has 0 amide bonds. The standard InChI is InChI=1S/C12H12F3N3O/c1-8(19)9-4-6-10(7-5-9)18(17-3)11(16-2)12(13,14)15/h4-7H,3H2,1-2H3. The van der Waals surface area contributed by atoms with Gasteiger partial charge in [-0.15, -0.1) is 0 Å². The van der Waals surface area contributed by atoms with Gasteiger partial charge in [0.15, 0.2) is 5.78 Å². The van der Waals surface area contributed by atoms with Gasteiger partial charge in [0.1, 0.15) is 0 Å². The molecule has 1 aromatic rings. The molecule has 0 fully saturated rings. The van der Waals surface area contributed by atoms with E-state index in [9.17, 15) is 18.0 Å². The second-order valence-corrected chi connectivity index (χ2v) is 3.60. The van der Waals surface area contributed by atoms with Gasteiger partial charge in [0, 0.05) is 19.3 Å². The number of ketones is 1. The van der Waals surface area contributed by atoms with Gasteiger partial charge in [0.25, 0.3) is 0 Å². The second-order valence-electron chi connectivity index (χ2n) is 3.60. The summed E-state index contributed by atoms with van der Waals surface area (Å²) < 4.78 is 38.2. The van der Waals surface area contributed by atoms with Crippen molar-refractivity contribution >= 4 is 24.0 Å². The quantitative estimate of drug-likeness (QED) is 0.367. The first-order valence-corrected chi connectivity index (χ1v) is 5.23. The Morgan fingerprint density at radius 1 is 1.26 bits per heavy atom. The zero-order chi connectivity index (χ0) is 14.6. The molecule has 0 heterocycles. The number of anilines is 1. The van der Waals surface area contributed by atoms with Crippen LogP contribution in [0.5, 0.6) is 0 Å². The molecule has 0 spiro atoms. The van der Waals surface area contributed by atoms with Crippen molar-refractivity contribution in [3.8, 4) is 0 Å². The van der Waals surface area contributed by atoms with E-state index in [0.29, 0.717) is 10.6 Å². The molecule has 0 aliphatic carbocycles. The average Bonchev–Trinajstić information content (AvgIpc) is 2.34. The molecule has 4 nitrogen and oxygen atoms in total. The zero-order valence-electron chi connectivity index (χ0n) is 10.4. The van der Waals surface area contributed by atoms with Crippen molar-refractivity contribution in [2.24, 2.45) is 10.1 Å². The summed E-state index contributed by atoms with van der Waals surface area (Å²) in [7, 11) is 1.02. The van der Waals surface area contributed by atoms with Gasteiger partial charge in [-0.05, 0) is 31.2 Å². The number of Topliss-reactive ketones (excluding diaryl/α,β-unsaturated/α-hetero) is 1. The topological polar surface area (TPSA) is 45.0 Å². The molecule has 0 saturated carbocycles. The lowest BCUT2D eigenvalue weighted by Gasteiger charge is -2.21. The molecule has 0 unspecified atom stereocenters. The average molecular weight is 271 g/mol. The van der Waals surface area contributed by atoms with E-state index in [1.807, 2.05) is 0 Å². The van der Waals surface area contributed by atoms with Crippen molar-refractivity contribution in [3.05, 3.63) is 29.8 Å². The molecule has 1 rings (SSSR count). The Labute approximate surface area is 108 Å². The Hall–Kier alpha value is -2.18. The Morgan fingerprint density at radius 3 is 2.11 bits per heavy atom. The van der Waals surface area contributed by atoms with Gasteiger partial charge in [0.05, 0.1) is 5.69 Å². The fraction of sp³-hybridized carbons (Fsp3) is 0.250. The highest BCUT2D eigenvalue weighted by Crippen LogP contribution is 2.25. The third-order valence-corrected chi connectivity index (χ3v) is 2.33. The monoisotopic (exact) mass is 271 g/mol. The highest BCUT2D eigenvalue weighted by atomic mass is 19.4. The summed E-state index contributed by atoms with van der Waals surface area (Å²) >= 11 is 0. The maximum Gasteiger partial charge on any atom is 0.451 e. The van der Waals surface area contributed by atoms with Crippen LogP contribution in [0, 0.1) is 0 Å². The van der Waals surface area contributed by atoms with Crippen LogP contribution >= 0.6 is 0 Å². The van der Waals surface area contributed by atoms with Crippen LogP contribution in [0.25, 0.3) is 0 Å². The number of benzene rings is 1. The summed E-state index contributed by atoms with van der Waals surface area (Å²) in [5.74, 6) is -1.36. The second kappa shape index (κ2) is 5.64. The highest BCUT2D eigenvalue weighted by Gasteiger charge is 2.40. The minimum Gasteiger partial charge on any atom is -0.295 e. The van der Waals surface area contributed by atoms with Gasteiger partial charge in [-0.3, -0.25) is 9.79 Å². The van der Waals surface area contributed by atoms with E-state index in [4.69, 9.17) is 0 Å². The van der Waals surface area contributed by atoms with Gasteiger partial charge < -0.3 is 0 Å². The van der Waals surface area contributed by atoms with Crippen LogP contribution in [-0.2, 0) is 0 Å². The molecule has 0 aromatic heterocycles. The first-order chi connectivity index (χ1) is 8.81. The molecular formula is C12H12F3N3O. The number of halogens is 3. The minimum atomic E-state index is -4.64. The predicted molar refractivity (Wildman–Crippen MR) is 67.9 cm³/mol. The first kappa shape index (κ1) is 14.9. The van der Waals surface area contributed by atoms with E-state index < -0.39 is 12.0 Å². The fourth-order valence-electron chi connectivity index (χ4n) is 1.45. The number of hydrogen-bond donors (Lipinski definition) is 0. The summed E-state index contributed by atoms with van der Waals surface area (Å²) in [5.41, 5.74) is 0.521. The molecule has 0 N–H and O–H groups in total. The van der Waals surface area contributed by atoms with E-state index in [2.05, 4.69) is 16.8 Å². The number of carbonyl (C=O) groups is 1. The molecular weight excluding hydrogens is 259 g/mol. The van der Waals surface area contributed by atoms with Gasteiger partial charge in [0.2, 0.25) is 5.84 Å². The number of alkyl halides is 3. The lowest BCUT2D eigenvalue weighted by Crippen LogP contribution is -2.38. The molecule has 0 radical (unpaired) electrons. The van der Waals surface area contributed by atoms with Crippen LogP contribution in [0.3, 0.4) is 0 Å². The van der Waals surface area contributed by atoms with E-state index >= 15 is 0 Å². The number of rotatable bonds is 3. The number of aliphatic imine (C=N–C) groups is 1. The van der Waals surface area contributed by atoms with Gasteiger partial charge in [-0.2, -0.15) is 18.3 Å². The number of amidine groups is 1. The normalized spacial score (nSPS) is 12.2. The third-order valence-electron chi connectivity index (χ3n) is 2.33. The molecule has 7 heteroatoms. The summed E-state index contributed by atoms with van der Waals surface area (Å²) in [5, 5.41) is 3.89. The highest BCUT2D eigenvalue weighted by molar-refractivity contribution is 6.02. The molecule has 0 bridgehead atoms. The predicted octanol–water partition coefficient (Wildman–Crippen LogP) is 2.90. The molecule has 0 atom stereocenters. The molecule has 0 saturated heterocycles. The number of hydrazone groups is 1. The maximum atomic E-state index is 12.7. The van der Waals surface area contributed by atoms with Crippen LogP contribution in [0.15, 0.2) is 34.4 Å². The summed E-state index contributed by atoms with van der Waals surface area (Å²) in [6.07, 6.45) is -4.64. The maximum absolute atomic E-state index is 12.7. The van der Waals surface area contributed by atoms with Crippen molar-refractivity contribution < 1.29 is 18.0 Å². The Bertz CT molecular complexity index is 506. The van der Waals surface area contributed by atoms with Crippen LogP contribution in [0.2, 0.25) is 0 Å². The Kier molecular flexibility index (Phi) is 4.42. The van der Waals surface area contributed by atoms with E-state index in [1.165, 1.54) is 31.2 Å². The third kappa shape index (κ3) is 3.40. The van der Waals surface area contributed by atoms with Crippen molar-refractivity contribution in [3.63, 3.8) is 0 Å². The number of hydrogen-bond acceptors (Lipinski definition) is 3. The van der Waals surface area contributed by atoms with Crippen molar-refractivity contribution in [2.75, 3.05) is 12.1 Å². The van der Waals surface area contributed by atoms with Crippen LogP contribution in [-0.4, -0.2) is 31.6 Å². The first-order valence-electron chi connectivity index (χ1n) is 5.23. The fourth-order valence-corrected chi connectivity index (χ4v) is 1.45. The van der Waals surface area contributed by atoms with E-state index in [-0.39, 0.29) is 11.5 Å². The largest absolute Gasteiger partial charge is 0.451 e. The summed E-state index contributed by atoms with van der Waals surface area (Å²) in [6.45, 7) is 4.47. The lowest BCUT2D eigenvalue weighted by atomic mass is 10.1.